The normalized spacial score (nSPS) is 15.1. The molecule has 9 heteroatoms. The number of aryl methyl sites for hydroxylation is 1. The summed E-state index contributed by atoms with van der Waals surface area (Å²) in [5.74, 6) is 2.29. The number of anilines is 3. The molecule has 1 saturated carbocycles. The zero-order valence-electron chi connectivity index (χ0n) is 22.3. The van der Waals surface area contributed by atoms with Crippen molar-refractivity contribution in [2.75, 3.05) is 36.5 Å². The Balaban J connectivity index is 0.00000130. The molecule has 1 amide bonds. The van der Waals surface area contributed by atoms with Crippen LogP contribution in [0.2, 0.25) is 0 Å². The minimum absolute atomic E-state index is 0. The van der Waals surface area contributed by atoms with Gasteiger partial charge in [-0.05, 0) is 43.9 Å². The van der Waals surface area contributed by atoms with E-state index in [9.17, 15) is 4.79 Å². The smallest absolute Gasteiger partial charge is 0.273 e. The van der Waals surface area contributed by atoms with Crippen molar-refractivity contribution < 1.29 is 16.9 Å². The predicted octanol–water partition coefficient (Wildman–Crippen LogP) is 5.63. The third kappa shape index (κ3) is 6.85. The van der Waals surface area contributed by atoms with E-state index in [1.165, 1.54) is 5.56 Å². The summed E-state index contributed by atoms with van der Waals surface area (Å²) in [7, 11) is 0. The first-order valence-electron chi connectivity index (χ1n) is 13.4. The molecule has 1 aliphatic carbocycles. The molecular weight excluding hydrogens is 468 g/mol. The molecule has 0 unspecified atom stereocenters. The molecule has 0 radical (unpaired) electrons. The maximum absolute atomic E-state index is 12.7. The van der Waals surface area contributed by atoms with Crippen LogP contribution in [0.4, 0.5) is 17.5 Å². The fraction of sp³-hybridized carbons (Fsp3) is 0.500. The number of ether oxygens (including phenoxy) is 1. The first-order chi connectivity index (χ1) is 18.1. The third-order valence-corrected chi connectivity index (χ3v) is 6.44. The number of nitrogens with zero attached hydrogens (tertiary/aromatic N) is 4. The highest BCUT2D eigenvalue weighted by Gasteiger charge is 2.29. The zero-order chi connectivity index (χ0) is 26.2. The van der Waals surface area contributed by atoms with Crippen molar-refractivity contribution in [1.29, 1.82) is 0 Å². The van der Waals surface area contributed by atoms with E-state index in [-0.39, 0.29) is 15.3 Å². The van der Waals surface area contributed by atoms with E-state index in [0.29, 0.717) is 30.8 Å². The van der Waals surface area contributed by atoms with Crippen molar-refractivity contribution >= 4 is 23.4 Å². The van der Waals surface area contributed by atoms with E-state index in [1.54, 1.807) is 6.07 Å². The Morgan fingerprint density at radius 3 is 2.54 bits per heavy atom. The molecule has 37 heavy (non-hydrogen) atoms. The number of carbonyl (C=O) groups is 1. The number of rotatable bonds is 9. The van der Waals surface area contributed by atoms with Crippen LogP contribution in [0.5, 0.6) is 0 Å². The van der Waals surface area contributed by atoms with Gasteiger partial charge in [0, 0.05) is 39.2 Å². The van der Waals surface area contributed by atoms with Gasteiger partial charge in [-0.1, -0.05) is 44.5 Å². The van der Waals surface area contributed by atoms with Gasteiger partial charge in [-0.25, -0.2) is 4.98 Å². The summed E-state index contributed by atoms with van der Waals surface area (Å²) in [5, 5.41) is 10.3. The lowest BCUT2D eigenvalue weighted by molar-refractivity contribution is 0.0941. The molecular formula is C28H42N6O3. The second-order valence-corrected chi connectivity index (χ2v) is 9.19. The molecule has 1 aliphatic heterocycles. The molecule has 9 nitrogen and oxygen atoms in total. The van der Waals surface area contributed by atoms with Gasteiger partial charge < -0.3 is 24.8 Å². The topological polar surface area (TPSA) is 105 Å². The summed E-state index contributed by atoms with van der Waals surface area (Å²) in [6, 6.07) is 10.2. The van der Waals surface area contributed by atoms with Gasteiger partial charge in [0.05, 0.1) is 25.5 Å². The average molecular weight is 511 g/mol. The predicted molar refractivity (Wildman–Crippen MR) is 149 cm³/mol. The number of aromatic nitrogens is 3. The Kier molecular flexibility index (Phi) is 9.11. The Morgan fingerprint density at radius 2 is 1.86 bits per heavy atom. The van der Waals surface area contributed by atoms with Gasteiger partial charge in [0.25, 0.3) is 5.91 Å². The van der Waals surface area contributed by atoms with E-state index in [1.807, 2.05) is 20.8 Å². The van der Waals surface area contributed by atoms with Gasteiger partial charge in [-0.3, -0.25) is 4.79 Å². The van der Waals surface area contributed by atoms with E-state index >= 15 is 0 Å². The quantitative estimate of drug-likeness (QED) is 0.381. The molecule has 3 heterocycles. The first kappa shape index (κ1) is 26.6. The van der Waals surface area contributed by atoms with Crippen molar-refractivity contribution in [1.82, 2.24) is 20.4 Å². The number of morpholine rings is 1. The Bertz CT molecular complexity index is 1180. The minimum atomic E-state index is -0.271. The SMILES string of the molecule is CC.CCCc1ccc(Nc2nc(N3CCOCC3)nc(CNC(=O)c3cc(C4CC4)on3)c2C)cc1.[HH].[HH]. The van der Waals surface area contributed by atoms with Gasteiger partial charge in [0.15, 0.2) is 5.69 Å². The van der Waals surface area contributed by atoms with Gasteiger partial charge in [-0.2, -0.15) is 4.98 Å². The Morgan fingerprint density at radius 1 is 1.14 bits per heavy atom. The van der Waals surface area contributed by atoms with Gasteiger partial charge in [0.1, 0.15) is 11.6 Å². The van der Waals surface area contributed by atoms with Crippen LogP contribution in [0.15, 0.2) is 34.9 Å². The van der Waals surface area contributed by atoms with E-state index in [0.717, 1.165) is 67.3 Å². The van der Waals surface area contributed by atoms with E-state index in [4.69, 9.17) is 19.2 Å². The number of amides is 1. The van der Waals surface area contributed by atoms with Gasteiger partial charge in [-0.15, -0.1) is 0 Å². The molecule has 2 N–H and O–H groups in total. The molecule has 0 spiro atoms. The summed E-state index contributed by atoms with van der Waals surface area (Å²) in [4.78, 5) is 24.5. The highest BCUT2D eigenvalue weighted by molar-refractivity contribution is 5.92. The monoisotopic (exact) mass is 510 g/mol. The van der Waals surface area contributed by atoms with Crippen molar-refractivity contribution in [3.63, 3.8) is 0 Å². The van der Waals surface area contributed by atoms with Crippen LogP contribution in [0.25, 0.3) is 0 Å². The summed E-state index contributed by atoms with van der Waals surface area (Å²) in [5.41, 5.74) is 4.22. The lowest BCUT2D eigenvalue weighted by atomic mass is 10.1. The number of nitrogens with one attached hydrogen (secondary N) is 2. The highest BCUT2D eigenvalue weighted by atomic mass is 16.5. The lowest BCUT2D eigenvalue weighted by Crippen LogP contribution is -2.38. The van der Waals surface area contributed by atoms with Crippen LogP contribution < -0.4 is 15.5 Å². The van der Waals surface area contributed by atoms with Gasteiger partial charge in [0.2, 0.25) is 5.95 Å². The van der Waals surface area contributed by atoms with Crippen LogP contribution in [0.1, 0.15) is 81.9 Å². The average Bonchev–Trinajstić information content (AvgIpc) is 3.67. The molecule has 5 rings (SSSR count). The van der Waals surface area contributed by atoms with Crippen LogP contribution in [0.3, 0.4) is 0 Å². The molecule has 1 aromatic carbocycles. The van der Waals surface area contributed by atoms with Crippen molar-refractivity contribution in [3.8, 4) is 0 Å². The molecule has 0 bridgehead atoms. The Labute approximate surface area is 222 Å². The molecule has 2 aliphatic rings. The first-order valence-corrected chi connectivity index (χ1v) is 13.4. The number of hydrogen-bond acceptors (Lipinski definition) is 8. The van der Waals surface area contributed by atoms with Crippen molar-refractivity contribution in [2.24, 2.45) is 0 Å². The summed E-state index contributed by atoms with van der Waals surface area (Å²) < 4.78 is 10.8. The summed E-state index contributed by atoms with van der Waals surface area (Å²) in [6.45, 7) is 11.1. The van der Waals surface area contributed by atoms with Crippen LogP contribution in [-0.4, -0.2) is 47.3 Å². The lowest BCUT2D eigenvalue weighted by Gasteiger charge is -2.28. The standard InChI is InChI=1S/C26H32N6O3.C2H6.2H2/c1-3-4-18-5-9-20(10-6-18)28-24-17(2)22(29-26(30-24)32-11-13-34-14-12-32)16-27-25(33)21-15-23(35-31-21)19-7-8-19;1-2;;/h5-6,9-10,15,19H,3-4,7-8,11-14,16H2,1-2H3,(H,27,33)(H,28,29,30);1-2H3;2*1H. The number of benzene rings is 1. The maximum atomic E-state index is 12.7. The van der Waals surface area contributed by atoms with E-state index < -0.39 is 0 Å². The second-order valence-electron chi connectivity index (χ2n) is 9.19. The fourth-order valence-electron chi connectivity index (χ4n) is 4.14. The fourth-order valence-corrected chi connectivity index (χ4v) is 4.14. The molecule has 3 aromatic rings. The van der Waals surface area contributed by atoms with Crippen molar-refractivity contribution in [2.45, 2.75) is 65.8 Å². The molecule has 1 saturated heterocycles. The largest absolute Gasteiger partial charge is 0.378 e. The zero-order valence-corrected chi connectivity index (χ0v) is 22.3. The second kappa shape index (κ2) is 12.7. The maximum Gasteiger partial charge on any atom is 0.273 e. The van der Waals surface area contributed by atoms with Crippen LogP contribution in [0, 0.1) is 6.92 Å². The summed E-state index contributed by atoms with van der Waals surface area (Å²) >= 11 is 0. The highest BCUT2D eigenvalue weighted by Crippen LogP contribution is 2.40. The molecule has 0 atom stereocenters. The van der Waals surface area contributed by atoms with Crippen molar-refractivity contribution in [3.05, 3.63) is 58.6 Å². The van der Waals surface area contributed by atoms with E-state index in [2.05, 4.69) is 51.9 Å². The molecule has 202 valence electrons. The minimum Gasteiger partial charge on any atom is -0.378 e. The summed E-state index contributed by atoms with van der Waals surface area (Å²) in [6.07, 6.45) is 4.37. The number of hydrogen-bond donors (Lipinski definition) is 2. The third-order valence-electron chi connectivity index (χ3n) is 6.44. The van der Waals surface area contributed by atoms with Crippen LogP contribution in [-0.2, 0) is 17.7 Å². The molecule has 2 fully saturated rings. The Hall–Kier alpha value is -3.46. The van der Waals surface area contributed by atoms with Crippen LogP contribution >= 0.6 is 0 Å². The molecule has 2 aromatic heterocycles. The number of carbonyl (C=O) groups excluding carboxylic acids is 1. The van der Waals surface area contributed by atoms with Gasteiger partial charge >= 0.3 is 0 Å².